The van der Waals surface area contributed by atoms with Gasteiger partial charge < -0.3 is 5.32 Å². The molecule has 0 unspecified atom stereocenters. The van der Waals surface area contributed by atoms with Gasteiger partial charge in [0.1, 0.15) is 0 Å². The number of anilines is 1. The third kappa shape index (κ3) is 3.83. The summed E-state index contributed by atoms with van der Waals surface area (Å²) in [6.45, 7) is 4.27. The Morgan fingerprint density at radius 2 is 1.81 bits per heavy atom. The lowest BCUT2D eigenvalue weighted by Gasteiger charge is -2.11. The number of nitro groups is 1. The molecule has 0 fully saturated rings. The van der Waals surface area contributed by atoms with Crippen LogP contribution in [0.4, 0.5) is 11.4 Å². The van der Waals surface area contributed by atoms with E-state index in [1.54, 1.807) is 13.0 Å². The minimum Gasteiger partial charge on any atom is -0.381 e. The number of hydrogen-bond donors (Lipinski definition) is 1. The monoisotopic (exact) mass is 412 g/mol. The van der Waals surface area contributed by atoms with Crippen LogP contribution in [0.25, 0.3) is 0 Å². The van der Waals surface area contributed by atoms with E-state index in [1.165, 1.54) is 0 Å². The molecule has 0 atom stereocenters. The summed E-state index contributed by atoms with van der Waals surface area (Å²) < 4.78 is 2.01. The van der Waals surface area contributed by atoms with Crippen molar-refractivity contribution in [2.45, 2.75) is 20.4 Å². The Kier molecular flexibility index (Phi) is 5.00. The van der Waals surface area contributed by atoms with Gasteiger partial charge in [0.25, 0.3) is 5.69 Å². The third-order valence-electron chi connectivity index (χ3n) is 3.21. The summed E-state index contributed by atoms with van der Waals surface area (Å²) in [4.78, 5) is 10.6. The highest BCUT2D eigenvalue weighted by atomic mass is 79.9. The molecular formula is C15H14Br2N2O2. The van der Waals surface area contributed by atoms with Gasteiger partial charge in [0.2, 0.25) is 0 Å². The highest BCUT2D eigenvalue weighted by molar-refractivity contribution is 9.13. The Balaban J connectivity index is 2.18. The molecule has 0 aromatic heterocycles. The molecule has 4 nitrogen and oxygen atoms in total. The number of nitro benzene ring substituents is 1. The lowest BCUT2D eigenvalue weighted by Crippen LogP contribution is -2.03. The molecule has 0 saturated heterocycles. The van der Waals surface area contributed by atoms with Crippen molar-refractivity contribution in [2.24, 2.45) is 0 Å². The van der Waals surface area contributed by atoms with E-state index >= 15 is 0 Å². The van der Waals surface area contributed by atoms with Crippen LogP contribution in [0.15, 0.2) is 39.3 Å². The fourth-order valence-electron chi connectivity index (χ4n) is 2.03. The molecule has 21 heavy (non-hydrogen) atoms. The third-order valence-corrected chi connectivity index (χ3v) is 5.09. The molecule has 0 radical (unpaired) electrons. The Morgan fingerprint density at radius 3 is 2.43 bits per heavy atom. The zero-order valence-corrected chi connectivity index (χ0v) is 14.8. The van der Waals surface area contributed by atoms with Gasteiger partial charge >= 0.3 is 0 Å². The van der Waals surface area contributed by atoms with Crippen molar-refractivity contribution in [3.63, 3.8) is 0 Å². The Bertz CT molecular complexity index is 702. The second-order valence-electron chi connectivity index (χ2n) is 4.81. The average molecular weight is 414 g/mol. The van der Waals surface area contributed by atoms with Crippen LogP contribution in [0.5, 0.6) is 0 Å². The van der Waals surface area contributed by atoms with Crippen LogP contribution in [0.1, 0.15) is 16.7 Å². The lowest BCUT2D eigenvalue weighted by atomic mass is 10.1. The van der Waals surface area contributed by atoms with Crippen LogP contribution in [0, 0.1) is 24.0 Å². The molecule has 0 bridgehead atoms. The predicted molar refractivity (Wildman–Crippen MR) is 91.7 cm³/mol. The molecule has 0 aliphatic rings. The van der Waals surface area contributed by atoms with Crippen molar-refractivity contribution in [3.05, 3.63) is 66.1 Å². The molecule has 2 aromatic carbocycles. The number of benzene rings is 2. The van der Waals surface area contributed by atoms with E-state index in [1.807, 2.05) is 31.2 Å². The quantitative estimate of drug-likeness (QED) is 0.542. The maximum Gasteiger partial charge on any atom is 0.272 e. The van der Waals surface area contributed by atoms with E-state index in [9.17, 15) is 10.1 Å². The van der Waals surface area contributed by atoms with E-state index < -0.39 is 0 Å². The topological polar surface area (TPSA) is 55.2 Å². The first-order valence-electron chi connectivity index (χ1n) is 6.32. The molecule has 0 heterocycles. The van der Waals surface area contributed by atoms with Crippen molar-refractivity contribution in [3.8, 4) is 0 Å². The smallest absolute Gasteiger partial charge is 0.272 e. The summed E-state index contributed by atoms with van der Waals surface area (Å²) in [5.74, 6) is 0. The second-order valence-corrected chi connectivity index (χ2v) is 6.52. The molecule has 0 spiro atoms. The predicted octanol–water partition coefficient (Wildman–Crippen LogP) is 5.35. The zero-order valence-electron chi connectivity index (χ0n) is 11.6. The standard InChI is InChI=1S/C15H14Br2N2O2/c1-9-6-15(19(20)21)10(2)5-14(9)18-8-11-3-4-12(16)13(17)7-11/h3-7,18H,8H2,1-2H3. The number of aryl methyl sites for hydroxylation is 2. The molecule has 0 aliphatic heterocycles. The molecule has 2 rings (SSSR count). The fraction of sp³-hybridized carbons (Fsp3) is 0.200. The first kappa shape index (κ1) is 16.0. The number of nitrogens with one attached hydrogen (secondary N) is 1. The molecule has 2 aromatic rings. The van der Waals surface area contributed by atoms with Crippen molar-refractivity contribution in [1.82, 2.24) is 0 Å². The molecule has 1 N–H and O–H groups in total. The van der Waals surface area contributed by atoms with Gasteiger partial charge in [0.05, 0.1) is 4.92 Å². The van der Waals surface area contributed by atoms with Gasteiger partial charge in [0.15, 0.2) is 0 Å². The van der Waals surface area contributed by atoms with E-state index in [-0.39, 0.29) is 10.6 Å². The molecule has 6 heteroatoms. The van der Waals surface area contributed by atoms with E-state index in [4.69, 9.17) is 0 Å². The molecule has 0 amide bonds. The number of halogens is 2. The minimum atomic E-state index is -0.349. The van der Waals surface area contributed by atoms with Crippen molar-refractivity contribution in [1.29, 1.82) is 0 Å². The molecule has 0 saturated carbocycles. The highest BCUT2D eigenvalue weighted by Crippen LogP contribution is 2.27. The lowest BCUT2D eigenvalue weighted by molar-refractivity contribution is -0.385. The SMILES string of the molecule is Cc1cc([N+](=O)[O-])c(C)cc1NCc1ccc(Br)c(Br)c1. The van der Waals surface area contributed by atoms with Crippen LogP contribution in [-0.4, -0.2) is 4.92 Å². The largest absolute Gasteiger partial charge is 0.381 e. The van der Waals surface area contributed by atoms with Gasteiger partial charge in [0, 0.05) is 32.8 Å². The number of rotatable bonds is 4. The summed E-state index contributed by atoms with van der Waals surface area (Å²) in [5, 5.41) is 14.2. The van der Waals surface area contributed by atoms with Gasteiger partial charge in [-0.25, -0.2) is 0 Å². The van der Waals surface area contributed by atoms with Crippen LogP contribution >= 0.6 is 31.9 Å². The highest BCUT2D eigenvalue weighted by Gasteiger charge is 2.13. The fourth-order valence-corrected chi connectivity index (χ4v) is 2.71. The summed E-state index contributed by atoms with van der Waals surface area (Å²) in [6.07, 6.45) is 0. The molecule has 110 valence electrons. The van der Waals surface area contributed by atoms with Gasteiger partial charge in [-0.2, -0.15) is 0 Å². The Morgan fingerprint density at radius 1 is 1.10 bits per heavy atom. The Hall–Kier alpha value is -1.40. The van der Waals surface area contributed by atoms with Gasteiger partial charge in [-0.1, -0.05) is 6.07 Å². The maximum atomic E-state index is 10.9. The zero-order chi connectivity index (χ0) is 15.6. The van der Waals surface area contributed by atoms with E-state index in [0.717, 1.165) is 25.8 Å². The van der Waals surface area contributed by atoms with E-state index in [2.05, 4.69) is 37.2 Å². The normalized spacial score (nSPS) is 10.5. The second kappa shape index (κ2) is 6.58. The summed E-state index contributed by atoms with van der Waals surface area (Å²) in [7, 11) is 0. The van der Waals surface area contributed by atoms with Crippen molar-refractivity contribution >= 4 is 43.2 Å². The van der Waals surface area contributed by atoms with Gasteiger partial charge in [-0.05, 0) is 75.0 Å². The number of hydrogen-bond acceptors (Lipinski definition) is 3. The van der Waals surface area contributed by atoms with Crippen LogP contribution in [0.2, 0.25) is 0 Å². The van der Waals surface area contributed by atoms with Gasteiger partial charge in [-0.3, -0.25) is 10.1 Å². The summed E-state index contributed by atoms with van der Waals surface area (Å²) in [6, 6.07) is 9.46. The molecule has 0 aliphatic carbocycles. The summed E-state index contributed by atoms with van der Waals surface area (Å²) >= 11 is 6.91. The number of nitrogens with zero attached hydrogens (tertiary/aromatic N) is 1. The molecular weight excluding hydrogens is 400 g/mol. The van der Waals surface area contributed by atoms with Gasteiger partial charge in [-0.15, -0.1) is 0 Å². The average Bonchev–Trinajstić information content (AvgIpc) is 2.42. The van der Waals surface area contributed by atoms with E-state index in [0.29, 0.717) is 12.1 Å². The van der Waals surface area contributed by atoms with Crippen molar-refractivity contribution in [2.75, 3.05) is 5.32 Å². The van der Waals surface area contributed by atoms with Crippen molar-refractivity contribution < 1.29 is 4.92 Å². The first-order chi connectivity index (χ1) is 9.88. The summed E-state index contributed by atoms with van der Waals surface area (Å²) in [5.41, 5.74) is 3.72. The van der Waals surface area contributed by atoms with Crippen LogP contribution < -0.4 is 5.32 Å². The first-order valence-corrected chi connectivity index (χ1v) is 7.90. The minimum absolute atomic E-state index is 0.157. The van der Waals surface area contributed by atoms with Crippen LogP contribution in [-0.2, 0) is 6.54 Å². The Labute approximate surface area is 140 Å². The van der Waals surface area contributed by atoms with Crippen LogP contribution in [0.3, 0.4) is 0 Å². The maximum absolute atomic E-state index is 10.9.